The maximum absolute atomic E-state index is 13.2. The van der Waals surface area contributed by atoms with Gasteiger partial charge >= 0.3 is 6.09 Å². The Morgan fingerprint density at radius 2 is 1.55 bits per heavy atom. The molecule has 1 aliphatic carbocycles. The molecule has 3 aromatic rings. The molecule has 0 unspecified atom stereocenters. The highest BCUT2D eigenvalue weighted by Crippen LogP contribution is 2.57. The molecule has 4 atom stereocenters. The maximum Gasteiger partial charge on any atom is 0.434 e. The van der Waals surface area contributed by atoms with E-state index >= 15 is 0 Å². The molecule has 0 spiro atoms. The average Bonchev–Trinajstić information content (AvgIpc) is 3.49. The van der Waals surface area contributed by atoms with Crippen LogP contribution in [0, 0.1) is 11.8 Å². The number of amides is 1. The van der Waals surface area contributed by atoms with Gasteiger partial charge in [-0.05, 0) is 35.8 Å². The van der Waals surface area contributed by atoms with Crippen molar-refractivity contribution in [3.63, 3.8) is 0 Å². The van der Waals surface area contributed by atoms with Gasteiger partial charge in [0.05, 0.1) is 6.61 Å². The molecule has 3 aromatic carbocycles. The number of nitrogens with zero attached hydrogens (tertiary/aromatic N) is 1. The minimum Gasteiger partial charge on any atom is -0.446 e. The Kier molecular flexibility index (Phi) is 6.22. The van der Waals surface area contributed by atoms with Crippen LogP contribution in [0.1, 0.15) is 33.8 Å². The molecule has 1 aliphatic heterocycles. The van der Waals surface area contributed by atoms with E-state index in [4.69, 9.17) is 9.57 Å². The zero-order valence-corrected chi connectivity index (χ0v) is 18.4. The van der Waals surface area contributed by atoms with Gasteiger partial charge in [0.1, 0.15) is 12.6 Å². The molecular formula is C28H27NO4. The van der Waals surface area contributed by atoms with Crippen LogP contribution in [0.5, 0.6) is 0 Å². The Bertz CT molecular complexity index is 1090. The number of carbonyl (C=O) groups is 2. The zero-order chi connectivity index (χ0) is 22.6. The summed E-state index contributed by atoms with van der Waals surface area (Å²) in [6, 6.07) is 29.5. The summed E-state index contributed by atoms with van der Waals surface area (Å²) in [7, 11) is 0. The first-order valence-corrected chi connectivity index (χ1v) is 11.5. The molecular weight excluding hydrogens is 414 g/mol. The summed E-state index contributed by atoms with van der Waals surface area (Å²) >= 11 is 0. The summed E-state index contributed by atoms with van der Waals surface area (Å²) in [5.74, 6) is 0.473. The van der Waals surface area contributed by atoms with Crippen molar-refractivity contribution >= 4 is 11.9 Å². The van der Waals surface area contributed by atoms with E-state index in [0.29, 0.717) is 26.1 Å². The molecule has 0 N–H and O–H groups in total. The van der Waals surface area contributed by atoms with Crippen molar-refractivity contribution in [1.29, 1.82) is 0 Å². The van der Waals surface area contributed by atoms with Gasteiger partial charge in [-0.3, -0.25) is 9.63 Å². The monoisotopic (exact) mass is 441 g/mol. The van der Waals surface area contributed by atoms with Gasteiger partial charge in [0, 0.05) is 11.5 Å². The summed E-state index contributed by atoms with van der Waals surface area (Å²) in [5.41, 5.74) is 3.06. The van der Waals surface area contributed by atoms with Crippen molar-refractivity contribution in [1.82, 2.24) is 5.06 Å². The third kappa shape index (κ3) is 4.69. The van der Waals surface area contributed by atoms with E-state index in [2.05, 4.69) is 12.1 Å². The lowest BCUT2D eigenvalue weighted by molar-refractivity contribution is -0.132. The van der Waals surface area contributed by atoms with Crippen LogP contribution in [0.15, 0.2) is 91.0 Å². The van der Waals surface area contributed by atoms with Gasteiger partial charge in [-0.2, -0.15) is 5.06 Å². The van der Waals surface area contributed by atoms with E-state index in [1.807, 2.05) is 78.9 Å². The molecule has 1 amide bonds. The molecule has 2 aliphatic rings. The van der Waals surface area contributed by atoms with Gasteiger partial charge in [-0.25, -0.2) is 4.79 Å². The van der Waals surface area contributed by atoms with Crippen molar-refractivity contribution < 1.29 is 19.2 Å². The van der Waals surface area contributed by atoms with Gasteiger partial charge in [0.15, 0.2) is 5.78 Å². The number of hydrogen-bond donors (Lipinski definition) is 0. The topological polar surface area (TPSA) is 55.8 Å². The predicted octanol–water partition coefficient (Wildman–Crippen LogP) is 5.28. The number of ketones is 1. The fourth-order valence-electron chi connectivity index (χ4n) is 4.94. The average molecular weight is 442 g/mol. The second-order valence-corrected chi connectivity index (χ2v) is 8.72. The highest BCUT2D eigenvalue weighted by atomic mass is 16.7. The minimum absolute atomic E-state index is 0.0657. The summed E-state index contributed by atoms with van der Waals surface area (Å²) < 4.78 is 5.24. The first-order valence-electron chi connectivity index (χ1n) is 11.5. The Morgan fingerprint density at radius 1 is 0.909 bits per heavy atom. The Balaban J connectivity index is 1.23. The van der Waals surface area contributed by atoms with Crippen LogP contribution < -0.4 is 0 Å². The van der Waals surface area contributed by atoms with Crippen molar-refractivity contribution in [3.8, 4) is 0 Å². The summed E-state index contributed by atoms with van der Waals surface area (Å²) in [4.78, 5) is 31.4. The normalized spacial score (nSPS) is 23.9. The fraction of sp³-hybridized carbons (Fsp3) is 0.286. The van der Waals surface area contributed by atoms with E-state index in [1.165, 1.54) is 10.6 Å². The molecule has 0 radical (unpaired) electrons. The Morgan fingerprint density at radius 3 is 2.24 bits per heavy atom. The third-order valence-corrected chi connectivity index (χ3v) is 6.62. The molecule has 168 valence electrons. The molecule has 5 nitrogen and oxygen atoms in total. The number of hydrogen-bond acceptors (Lipinski definition) is 4. The number of hydroxylamine groups is 2. The van der Waals surface area contributed by atoms with Crippen LogP contribution in [0.4, 0.5) is 4.79 Å². The van der Waals surface area contributed by atoms with Crippen LogP contribution >= 0.6 is 0 Å². The number of cyclic esters (lactones) is 1. The highest BCUT2D eigenvalue weighted by molar-refractivity contribution is 6.00. The third-order valence-electron chi connectivity index (χ3n) is 6.62. The smallest absolute Gasteiger partial charge is 0.434 e. The van der Waals surface area contributed by atoms with Gasteiger partial charge in [-0.15, -0.1) is 0 Å². The van der Waals surface area contributed by atoms with Gasteiger partial charge in [-0.1, -0.05) is 91.0 Å². The van der Waals surface area contributed by atoms with Gasteiger partial charge < -0.3 is 4.74 Å². The van der Waals surface area contributed by atoms with Crippen molar-refractivity contribution in [2.24, 2.45) is 11.8 Å². The number of ether oxygens (including phenoxy) is 1. The van der Waals surface area contributed by atoms with Crippen LogP contribution in [0.3, 0.4) is 0 Å². The van der Waals surface area contributed by atoms with E-state index in [-0.39, 0.29) is 29.6 Å². The van der Waals surface area contributed by atoms with Crippen LogP contribution in [0.2, 0.25) is 0 Å². The largest absolute Gasteiger partial charge is 0.446 e. The molecule has 0 bridgehead atoms. The summed E-state index contributed by atoms with van der Waals surface area (Å²) in [6.45, 7) is 0.686. The first-order chi connectivity index (χ1) is 16.2. The van der Waals surface area contributed by atoms with Crippen LogP contribution in [-0.4, -0.2) is 36.2 Å². The van der Waals surface area contributed by atoms with Crippen molar-refractivity contribution in [2.75, 3.05) is 13.2 Å². The molecule has 1 saturated carbocycles. The number of rotatable bonds is 9. The predicted molar refractivity (Wildman–Crippen MR) is 125 cm³/mol. The molecule has 2 fully saturated rings. The molecule has 33 heavy (non-hydrogen) atoms. The van der Waals surface area contributed by atoms with Gasteiger partial charge in [0.25, 0.3) is 0 Å². The van der Waals surface area contributed by atoms with Crippen molar-refractivity contribution in [3.05, 3.63) is 108 Å². The van der Waals surface area contributed by atoms with E-state index < -0.39 is 6.09 Å². The maximum atomic E-state index is 13.2. The lowest BCUT2D eigenvalue weighted by Crippen LogP contribution is -2.35. The molecule has 5 heteroatoms. The Hall–Kier alpha value is -3.44. The van der Waals surface area contributed by atoms with E-state index in [1.54, 1.807) is 0 Å². The first kappa shape index (κ1) is 21.4. The molecule has 0 aromatic heterocycles. The SMILES string of the molecule is O=C(c1ccccc1)[C@H]1[C@H](CCON2C(=O)OC[C@@H]2Cc2ccccc2)[C@@H]1c1ccccc1. The molecule has 1 saturated heterocycles. The summed E-state index contributed by atoms with van der Waals surface area (Å²) in [6.07, 6.45) is 0.936. The van der Waals surface area contributed by atoms with Crippen LogP contribution in [0.25, 0.3) is 0 Å². The number of Topliss-reactive ketones (excluding diaryl/α,β-unsaturated/α-hetero) is 1. The lowest BCUT2D eigenvalue weighted by atomic mass is 10.0. The zero-order valence-electron chi connectivity index (χ0n) is 18.4. The fourth-order valence-corrected chi connectivity index (χ4v) is 4.94. The number of benzene rings is 3. The quantitative estimate of drug-likeness (QED) is 0.424. The second kappa shape index (κ2) is 9.59. The Labute approximate surface area is 193 Å². The van der Waals surface area contributed by atoms with Crippen LogP contribution in [-0.2, 0) is 16.0 Å². The number of carbonyl (C=O) groups excluding carboxylic acids is 2. The standard InChI is InChI=1S/C28H27NO4/c30-27(22-14-8-3-9-15-22)26-24(25(26)21-12-6-2-7-13-21)16-17-33-29-23(19-32-28(29)31)18-20-10-4-1-5-11-20/h1-15,23-26H,16-19H2/t23-,24+,25-,26-/m0/s1. The lowest BCUT2D eigenvalue weighted by Gasteiger charge is -2.20. The van der Waals surface area contributed by atoms with E-state index in [0.717, 1.165) is 11.1 Å². The molecule has 1 heterocycles. The minimum atomic E-state index is -0.441. The summed E-state index contributed by atoms with van der Waals surface area (Å²) in [5, 5.41) is 1.38. The van der Waals surface area contributed by atoms with Gasteiger partial charge in [0.2, 0.25) is 0 Å². The highest BCUT2D eigenvalue weighted by Gasteiger charge is 2.54. The van der Waals surface area contributed by atoms with Crippen molar-refractivity contribution in [2.45, 2.75) is 24.8 Å². The second-order valence-electron chi connectivity index (χ2n) is 8.72. The molecule has 5 rings (SSSR count). The van der Waals surface area contributed by atoms with E-state index in [9.17, 15) is 9.59 Å².